The van der Waals surface area contributed by atoms with Crippen LogP contribution in [0.25, 0.3) is 0 Å². The minimum atomic E-state index is 0.917. The van der Waals surface area contributed by atoms with Crippen molar-refractivity contribution >= 4 is 0 Å². The summed E-state index contributed by atoms with van der Waals surface area (Å²) in [5, 5.41) is 0. The van der Waals surface area contributed by atoms with E-state index in [2.05, 4.69) is 19.7 Å². The molecule has 0 aliphatic heterocycles. The maximum Gasteiger partial charge on any atom is -0.0311 e. The summed E-state index contributed by atoms with van der Waals surface area (Å²) in [5.74, 6) is 0. The van der Waals surface area contributed by atoms with Gasteiger partial charge in [0.25, 0.3) is 0 Å². The van der Waals surface area contributed by atoms with E-state index in [1.54, 1.807) is 6.08 Å². The van der Waals surface area contributed by atoms with E-state index in [9.17, 15) is 0 Å². The van der Waals surface area contributed by atoms with Gasteiger partial charge in [-0.3, -0.25) is 0 Å². The zero-order valence-corrected chi connectivity index (χ0v) is 6.70. The first-order chi connectivity index (χ1) is 4.18. The Balaban J connectivity index is 0. The largest absolute Gasteiger partial charge is 0.0985 e. The molecule has 0 fully saturated rings. The Kier molecular flexibility index (Phi) is 8.89. The lowest BCUT2D eigenvalue weighted by molar-refractivity contribution is 1.48. The molecule has 0 unspecified atom stereocenters. The average molecular weight is 124 g/mol. The molecular formula is C9H16. The van der Waals surface area contributed by atoms with Crippen LogP contribution in [0.1, 0.15) is 20.8 Å². The minimum Gasteiger partial charge on any atom is -0.0985 e. The van der Waals surface area contributed by atoms with E-state index in [1.807, 2.05) is 20.8 Å². The van der Waals surface area contributed by atoms with Gasteiger partial charge in [-0.25, -0.2) is 0 Å². The molecule has 0 atom stereocenters. The second-order valence-electron chi connectivity index (χ2n) is 1.51. The molecule has 0 radical (unpaired) electrons. The lowest BCUT2D eigenvalue weighted by Crippen LogP contribution is -1.70. The molecule has 0 aromatic heterocycles. The van der Waals surface area contributed by atoms with Crippen LogP contribution in [-0.2, 0) is 0 Å². The van der Waals surface area contributed by atoms with E-state index in [-0.39, 0.29) is 0 Å². The highest BCUT2D eigenvalue weighted by atomic mass is 13.9. The summed E-state index contributed by atoms with van der Waals surface area (Å²) in [5.41, 5.74) is 1.90. The summed E-state index contributed by atoms with van der Waals surface area (Å²) in [6.45, 7) is 16.7. The SMILES string of the molecule is C=CC(=C)C(=C)C.CC. The van der Waals surface area contributed by atoms with Gasteiger partial charge in [-0.1, -0.05) is 45.2 Å². The van der Waals surface area contributed by atoms with Gasteiger partial charge in [-0.05, 0) is 12.5 Å². The predicted octanol–water partition coefficient (Wildman–Crippen LogP) is 3.33. The molecule has 0 aliphatic carbocycles. The fraction of sp³-hybridized carbons (Fsp3) is 0.333. The van der Waals surface area contributed by atoms with Crippen LogP contribution in [0.4, 0.5) is 0 Å². The first kappa shape index (κ1) is 11.1. The third-order valence-corrected chi connectivity index (χ3v) is 0.795. The van der Waals surface area contributed by atoms with Crippen LogP contribution in [0.3, 0.4) is 0 Å². The standard InChI is InChI=1S/C7H10.C2H6/c1-5-7(4)6(2)3;1-2/h5H,1-2,4H2,3H3;1-2H3. The van der Waals surface area contributed by atoms with E-state index < -0.39 is 0 Å². The monoisotopic (exact) mass is 124 g/mol. The Hall–Kier alpha value is -0.780. The lowest BCUT2D eigenvalue weighted by Gasteiger charge is -1.90. The quantitative estimate of drug-likeness (QED) is 0.495. The molecular weight excluding hydrogens is 108 g/mol. The van der Waals surface area contributed by atoms with E-state index in [1.165, 1.54) is 0 Å². The molecule has 9 heavy (non-hydrogen) atoms. The Labute approximate surface area is 58.6 Å². The molecule has 0 spiro atoms. The summed E-state index contributed by atoms with van der Waals surface area (Å²) in [7, 11) is 0. The fourth-order valence-corrected chi connectivity index (χ4v) is 0.174. The first-order valence-electron chi connectivity index (χ1n) is 3.15. The van der Waals surface area contributed by atoms with Crippen molar-refractivity contribution in [3.8, 4) is 0 Å². The zero-order valence-electron chi connectivity index (χ0n) is 6.70. The first-order valence-corrected chi connectivity index (χ1v) is 3.15. The Morgan fingerprint density at radius 2 is 1.56 bits per heavy atom. The highest BCUT2D eigenvalue weighted by molar-refractivity contribution is 5.31. The maximum atomic E-state index is 3.66. The van der Waals surface area contributed by atoms with E-state index in [0.29, 0.717) is 0 Å². The molecule has 52 valence electrons. The number of hydrogen-bond acceptors (Lipinski definition) is 0. The average Bonchev–Trinajstić information content (AvgIpc) is 1.91. The van der Waals surface area contributed by atoms with Crippen LogP contribution >= 0.6 is 0 Å². The maximum absolute atomic E-state index is 3.66. The minimum absolute atomic E-state index is 0.917. The van der Waals surface area contributed by atoms with Crippen LogP contribution in [0, 0.1) is 0 Å². The molecule has 0 saturated heterocycles. The summed E-state index contributed by atoms with van der Waals surface area (Å²) < 4.78 is 0. The summed E-state index contributed by atoms with van der Waals surface area (Å²) in [4.78, 5) is 0. The van der Waals surface area contributed by atoms with Crippen molar-refractivity contribution in [1.82, 2.24) is 0 Å². The second kappa shape index (κ2) is 7.22. The molecule has 0 aromatic rings. The van der Waals surface area contributed by atoms with Crippen molar-refractivity contribution in [2.75, 3.05) is 0 Å². The second-order valence-corrected chi connectivity index (χ2v) is 1.51. The van der Waals surface area contributed by atoms with Gasteiger partial charge < -0.3 is 0 Å². The van der Waals surface area contributed by atoms with Gasteiger partial charge >= 0.3 is 0 Å². The molecule has 0 saturated carbocycles. The molecule has 0 amide bonds. The summed E-state index contributed by atoms with van der Waals surface area (Å²) in [6.07, 6.45) is 1.70. The van der Waals surface area contributed by atoms with E-state index in [4.69, 9.17) is 0 Å². The van der Waals surface area contributed by atoms with Gasteiger partial charge in [0.05, 0.1) is 0 Å². The third kappa shape index (κ3) is 7.22. The summed E-state index contributed by atoms with van der Waals surface area (Å²) in [6, 6.07) is 0. The van der Waals surface area contributed by atoms with Crippen molar-refractivity contribution < 1.29 is 0 Å². The van der Waals surface area contributed by atoms with Gasteiger partial charge in [-0.15, -0.1) is 0 Å². The highest BCUT2D eigenvalue weighted by Crippen LogP contribution is 2.01. The van der Waals surface area contributed by atoms with Crippen LogP contribution in [0.15, 0.2) is 37.0 Å². The van der Waals surface area contributed by atoms with Gasteiger partial charge in [0.1, 0.15) is 0 Å². The van der Waals surface area contributed by atoms with Crippen LogP contribution < -0.4 is 0 Å². The predicted molar refractivity (Wildman–Crippen MR) is 45.5 cm³/mol. The van der Waals surface area contributed by atoms with Crippen molar-refractivity contribution in [2.24, 2.45) is 0 Å². The molecule has 0 rings (SSSR count). The molecule has 0 N–H and O–H groups in total. The molecule has 0 nitrogen and oxygen atoms in total. The molecule has 0 heteroatoms. The van der Waals surface area contributed by atoms with Gasteiger partial charge in [-0.2, -0.15) is 0 Å². The Bertz CT molecular complexity index is 107. The van der Waals surface area contributed by atoms with Gasteiger partial charge in [0, 0.05) is 0 Å². The molecule has 0 aliphatic rings. The zero-order chi connectivity index (χ0) is 7.86. The van der Waals surface area contributed by atoms with E-state index in [0.717, 1.165) is 11.1 Å². The smallest absolute Gasteiger partial charge is 0.0311 e. The van der Waals surface area contributed by atoms with Crippen LogP contribution in [-0.4, -0.2) is 0 Å². The lowest BCUT2D eigenvalue weighted by atomic mass is 10.2. The number of rotatable bonds is 2. The van der Waals surface area contributed by atoms with Crippen LogP contribution in [0.5, 0.6) is 0 Å². The van der Waals surface area contributed by atoms with Crippen molar-refractivity contribution in [3.05, 3.63) is 37.0 Å². The molecule has 0 bridgehead atoms. The number of hydrogen-bond donors (Lipinski definition) is 0. The van der Waals surface area contributed by atoms with Crippen molar-refractivity contribution in [3.63, 3.8) is 0 Å². The Morgan fingerprint density at radius 3 is 1.56 bits per heavy atom. The molecule has 0 heterocycles. The van der Waals surface area contributed by atoms with Crippen molar-refractivity contribution in [1.29, 1.82) is 0 Å². The van der Waals surface area contributed by atoms with E-state index >= 15 is 0 Å². The topological polar surface area (TPSA) is 0 Å². The fourth-order valence-electron chi connectivity index (χ4n) is 0.174. The Morgan fingerprint density at radius 1 is 1.22 bits per heavy atom. The normalized spacial score (nSPS) is 6.56. The van der Waals surface area contributed by atoms with Gasteiger partial charge in [0.15, 0.2) is 0 Å². The molecule has 0 aromatic carbocycles. The van der Waals surface area contributed by atoms with Gasteiger partial charge in [0.2, 0.25) is 0 Å². The van der Waals surface area contributed by atoms with Crippen molar-refractivity contribution in [2.45, 2.75) is 20.8 Å². The highest BCUT2D eigenvalue weighted by Gasteiger charge is 1.81. The third-order valence-electron chi connectivity index (χ3n) is 0.795. The number of allylic oxidation sites excluding steroid dienone is 3. The van der Waals surface area contributed by atoms with Crippen LogP contribution in [0.2, 0.25) is 0 Å². The summed E-state index contributed by atoms with van der Waals surface area (Å²) >= 11 is 0.